The monoisotopic (exact) mass is 162 g/mol. The smallest absolute Gasteiger partial charge is 0.340 e. The fraction of sp³-hybridized carbons (Fsp3) is 0.222. The van der Waals surface area contributed by atoms with E-state index in [9.17, 15) is 4.79 Å². The van der Waals surface area contributed by atoms with E-state index in [4.69, 9.17) is 9.47 Å². The number of hydrogen-bond donors (Lipinski definition) is 0. The van der Waals surface area contributed by atoms with E-state index in [0.29, 0.717) is 5.56 Å². The molecular weight excluding hydrogens is 156 g/mol. The number of carbonyl (C=O) groups is 1. The standard InChI is InChI=1S/C9H6O3/c10-8-6-4-2-1-3-5(6)7-9(11-7)12-8/h1-4,7,9H. The summed E-state index contributed by atoms with van der Waals surface area (Å²) in [6.45, 7) is 0. The lowest BCUT2D eigenvalue weighted by Crippen LogP contribution is -2.15. The summed E-state index contributed by atoms with van der Waals surface area (Å²) in [5.74, 6) is -0.274. The molecule has 1 saturated heterocycles. The molecule has 2 heterocycles. The Labute approximate surface area is 68.9 Å². The predicted octanol–water partition coefficient (Wildman–Crippen LogP) is 1.25. The van der Waals surface area contributed by atoms with Gasteiger partial charge < -0.3 is 9.47 Å². The minimum Gasteiger partial charge on any atom is -0.429 e. The van der Waals surface area contributed by atoms with Crippen LogP contribution in [0.2, 0.25) is 0 Å². The van der Waals surface area contributed by atoms with Crippen molar-refractivity contribution >= 4 is 5.97 Å². The molecule has 0 radical (unpaired) electrons. The fourth-order valence-electron chi connectivity index (χ4n) is 1.51. The maximum absolute atomic E-state index is 11.2. The molecule has 3 heteroatoms. The molecule has 0 N–H and O–H groups in total. The highest BCUT2D eigenvalue weighted by Crippen LogP contribution is 2.44. The predicted molar refractivity (Wildman–Crippen MR) is 39.5 cm³/mol. The minimum atomic E-state index is -0.313. The largest absolute Gasteiger partial charge is 0.429 e. The topological polar surface area (TPSA) is 38.8 Å². The summed E-state index contributed by atoms with van der Waals surface area (Å²) in [6.07, 6.45) is -0.314. The Morgan fingerprint density at radius 1 is 1.25 bits per heavy atom. The first-order valence-corrected chi connectivity index (χ1v) is 3.81. The molecule has 0 spiro atoms. The SMILES string of the molecule is O=C1OC2OC2c2ccccc21. The van der Waals surface area contributed by atoms with Crippen LogP contribution in [0, 0.1) is 0 Å². The number of esters is 1. The first-order chi connectivity index (χ1) is 5.86. The van der Waals surface area contributed by atoms with Gasteiger partial charge in [0.1, 0.15) is 0 Å². The third kappa shape index (κ3) is 0.662. The van der Waals surface area contributed by atoms with Crippen LogP contribution in [0.3, 0.4) is 0 Å². The Hall–Kier alpha value is -1.35. The summed E-state index contributed by atoms with van der Waals surface area (Å²) in [5.41, 5.74) is 1.59. The van der Waals surface area contributed by atoms with E-state index in [2.05, 4.69) is 0 Å². The van der Waals surface area contributed by atoms with Gasteiger partial charge in [-0.05, 0) is 6.07 Å². The van der Waals surface area contributed by atoms with Crippen molar-refractivity contribution in [2.75, 3.05) is 0 Å². The van der Waals surface area contributed by atoms with E-state index in [-0.39, 0.29) is 18.4 Å². The summed E-state index contributed by atoms with van der Waals surface area (Å²) < 4.78 is 10.1. The van der Waals surface area contributed by atoms with Crippen molar-refractivity contribution in [2.24, 2.45) is 0 Å². The maximum atomic E-state index is 11.2. The van der Waals surface area contributed by atoms with Crippen molar-refractivity contribution in [3.8, 4) is 0 Å². The summed E-state index contributed by atoms with van der Waals surface area (Å²) in [7, 11) is 0. The van der Waals surface area contributed by atoms with Crippen LogP contribution >= 0.6 is 0 Å². The van der Waals surface area contributed by atoms with Gasteiger partial charge >= 0.3 is 5.97 Å². The molecule has 3 rings (SSSR count). The van der Waals surface area contributed by atoms with Gasteiger partial charge in [0.15, 0.2) is 6.10 Å². The molecule has 2 unspecified atom stereocenters. The van der Waals surface area contributed by atoms with Crippen LogP contribution in [0.15, 0.2) is 24.3 Å². The molecule has 12 heavy (non-hydrogen) atoms. The van der Waals surface area contributed by atoms with Crippen molar-refractivity contribution in [2.45, 2.75) is 12.4 Å². The number of benzene rings is 1. The van der Waals surface area contributed by atoms with Gasteiger partial charge in [-0.2, -0.15) is 0 Å². The molecule has 1 aromatic rings. The molecule has 60 valence electrons. The molecule has 2 aliphatic heterocycles. The zero-order valence-corrected chi connectivity index (χ0v) is 6.19. The van der Waals surface area contributed by atoms with Crippen molar-refractivity contribution in [1.29, 1.82) is 0 Å². The normalized spacial score (nSPS) is 30.2. The van der Waals surface area contributed by atoms with Gasteiger partial charge in [-0.1, -0.05) is 18.2 Å². The second-order valence-corrected chi connectivity index (χ2v) is 2.92. The summed E-state index contributed by atoms with van der Waals surface area (Å²) in [6, 6.07) is 7.38. The number of epoxide rings is 1. The lowest BCUT2D eigenvalue weighted by molar-refractivity contribution is 0.0291. The Balaban J connectivity index is 2.21. The van der Waals surface area contributed by atoms with Gasteiger partial charge in [0.2, 0.25) is 6.29 Å². The van der Waals surface area contributed by atoms with Gasteiger partial charge in [0.05, 0.1) is 5.56 Å². The molecule has 1 fully saturated rings. The Bertz CT molecular complexity index is 359. The summed E-state index contributed by atoms with van der Waals surface area (Å²) >= 11 is 0. The van der Waals surface area contributed by atoms with E-state index in [1.165, 1.54) is 0 Å². The second kappa shape index (κ2) is 1.87. The number of ether oxygens (including phenoxy) is 2. The van der Waals surface area contributed by atoms with Crippen molar-refractivity contribution in [3.05, 3.63) is 35.4 Å². The van der Waals surface area contributed by atoms with Gasteiger partial charge in [0, 0.05) is 5.56 Å². The average Bonchev–Trinajstić information content (AvgIpc) is 2.84. The highest BCUT2D eigenvalue weighted by Gasteiger charge is 2.49. The van der Waals surface area contributed by atoms with Crippen LogP contribution < -0.4 is 0 Å². The van der Waals surface area contributed by atoms with Gasteiger partial charge in [0.25, 0.3) is 0 Å². The Morgan fingerprint density at radius 3 is 3.00 bits per heavy atom. The number of hydrogen-bond acceptors (Lipinski definition) is 3. The van der Waals surface area contributed by atoms with E-state index in [1.807, 2.05) is 18.2 Å². The van der Waals surface area contributed by atoms with E-state index in [0.717, 1.165) is 5.56 Å². The summed E-state index contributed by atoms with van der Waals surface area (Å²) in [4.78, 5) is 11.2. The van der Waals surface area contributed by atoms with Crippen LogP contribution in [-0.2, 0) is 9.47 Å². The van der Waals surface area contributed by atoms with Crippen LogP contribution in [0.5, 0.6) is 0 Å². The highest BCUT2D eigenvalue weighted by atomic mass is 16.8. The highest BCUT2D eigenvalue weighted by molar-refractivity contribution is 5.92. The molecule has 2 atom stereocenters. The van der Waals surface area contributed by atoms with Crippen LogP contribution in [0.25, 0.3) is 0 Å². The number of rotatable bonds is 0. The fourth-order valence-corrected chi connectivity index (χ4v) is 1.51. The maximum Gasteiger partial charge on any atom is 0.340 e. The van der Waals surface area contributed by atoms with E-state index < -0.39 is 0 Å². The first-order valence-electron chi connectivity index (χ1n) is 3.81. The van der Waals surface area contributed by atoms with E-state index >= 15 is 0 Å². The lowest BCUT2D eigenvalue weighted by atomic mass is 10.0. The van der Waals surface area contributed by atoms with Crippen molar-refractivity contribution in [3.63, 3.8) is 0 Å². The number of carbonyl (C=O) groups excluding carboxylic acids is 1. The average molecular weight is 162 g/mol. The molecule has 1 aromatic carbocycles. The van der Waals surface area contributed by atoms with Gasteiger partial charge in [-0.25, -0.2) is 4.79 Å². The molecule has 0 aromatic heterocycles. The molecule has 0 amide bonds. The Morgan fingerprint density at radius 2 is 2.08 bits per heavy atom. The quantitative estimate of drug-likeness (QED) is 0.425. The Kier molecular flexibility index (Phi) is 0.966. The third-order valence-electron chi connectivity index (χ3n) is 2.16. The lowest BCUT2D eigenvalue weighted by Gasteiger charge is -2.09. The zero-order valence-electron chi connectivity index (χ0n) is 6.19. The molecule has 0 bridgehead atoms. The number of fused-ring (bicyclic) bond motifs is 3. The molecule has 2 aliphatic rings. The van der Waals surface area contributed by atoms with Crippen LogP contribution in [-0.4, -0.2) is 12.3 Å². The second-order valence-electron chi connectivity index (χ2n) is 2.92. The van der Waals surface area contributed by atoms with Crippen LogP contribution in [0.4, 0.5) is 0 Å². The zero-order chi connectivity index (χ0) is 8.13. The molecule has 3 nitrogen and oxygen atoms in total. The van der Waals surface area contributed by atoms with Crippen LogP contribution in [0.1, 0.15) is 22.0 Å². The van der Waals surface area contributed by atoms with Crippen molar-refractivity contribution in [1.82, 2.24) is 0 Å². The molecule has 0 aliphatic carbocycles. The van der Waals surface area contributed by atoms with Crippen molar-refractivity contribution < 1.29 is 14.3 Å². The minimum absolute atomic E-state index is 0.00102. The van der Waals surface area contributed by atoms with Gasteiger partial charge in [-0.3, -0.25) is 0 Å². The molecule has 0 saturated carbocycles. The van der Waals surface area contributed by atoms with E-state index in [1.54, 1.807) is 6.07 Å². The first kappa shape index (κ1) is 6.20. The van der Waals surface area contributed by atoms with Gasteiger partial charge in [-0.15, -0.1) is 0 Å². The summed E-state index contributed by atoms with van der Waals surface area (Å²) in [5, 5.41) is 0. The molecular formula is C9H6O3. The third-order valence-corrected chi connectivity index (χ3v) is 2.16.